The molecule has 1 aliphatic heterocycles. The van der Waals surface area contributed by atoms with Crippen molar-refractivity contribution in [2.75, 3.05) is 12.0 Å². The molecule has 0 atom stereocenters. The van der Waals surface area contributed by atoms with E-state index in [2.05, 4.69) is 0 Å². The van der Waals surface area contributed by atoms with Gasteiger partial charge in [0, 0.05) is 35.0 Å². The first-order valence-corrected chi connectivity index (χ1v) is 11.2. The second-order valence-electron chi connectivity index (χ2n) is 8.19. The molecular formula is C28H19N3O6. The summed E-state index contributed by atoms with van der Waals surface area (Å²) in [6, 6.07) is 26.0. The fourth-order valence-corrected chi connectivity index (χ4v) is 4.48. The topological polar surface area (TPSA) is 116 Å². The summed E-state index contributed by atoms with van der Waals surface area (Å²) < 4.78 is 5.23. The first kappa shape index (κ1) is 23.4. The van der Waals surface area contributed by atoms with Crippen LogP contribution in [0.25, 0.3) is 11.1 Å². The lowest BCUT2D eigenvalue weighted by Gasteiger charge is -2.18. The van der Waals surface area contributed by atoms with Gasteiger partial charge in [-0.15, -0.1) is 0 Å². The number of carbonyl (C=O) groups is 1. The number of amides is 1. The lowest BCUT2D eigenvalue weighted by atomic mass is 9.89. The lowest BCUT2D eigenvalue weighted by molar-refractivity contribution is -0.385. The number of ether oxygens (including phenoxy) is 1. The highest BCUT2D eigenvalue weighted by Gasteiger charge is 2.38. The third kappa shape index (κ3) is 4.08. The van der Waals surface area contributed by atoms with Gasteiger partial charge >= 0.3 is 0 Å². The number of nitrogens with zero attached hydrogens (tertiary/aromatic N) is 3. The van der Waals surface area contributed by atoms with Crippen LogP contribution in [-0.2, 0) is 4.79 Å². The molecule has 5 rings (SSSR count). The standard InChI is InChI=1S/C28H19N3O6/c1-37-21-14-11-19(12-15-21)29-24-16-13-20(30(33)34)17-23(24)27(28(29)32)26(18-7-3-2-4-8-18)22-9-5-6-10-25(22)31(35)36/h2-17H,1H3/b27-26+. The SMILES string of the molecule is COc1ccc(N2C(=O)/C(=C(\c3ccccc3)c3ccccc3[N+](=O)[O-])c3cc([N+](=O)[O-])ccc32)cc1. The third-order valence-corrected chi connectivity index (χ3v) is 6.13. The summed E-state index contributed by atoms with van der Waals surface area (Å²) in [7, 11) is 1.53. The largest absolute Gasteiger partial charge is 0.497 e. The van der Waals surface area contributed by atoms with Gasteiger partial charge in [0.25, 0.3) is 17.3 Å². The van der Waals surface area contributed by atoms with Crippen LogP contribution in [0.3, 0.4) is 0 Å². The highest BCUT2D eigenvalue weighted by molar-refractivity contribution is 6.41. The van der Waals surface area contributed by atoms with Crippen LogP contribution < -0.4 is 9.64 Å². The normalized spacial score (nSPS) is 13.8. The third-order valence-electron chi connectivity index (χ3n) is 6.13. The number of hydrogen-bond donors (Lipinski definition) is 0. The van der Waals surface area contributed by atoms with Crippen molar-refractivity contribution in [2.45, 2.75) is 0 Å². The molecule has 4 aromatic carbocycles. The Morgan fingerprint density at radius 1 is 0.811 bits per heavy atom. The number of non-ortho nitro benzene ring substituents is 1. The van der Waals surface area contributed by atoms with Gasteiger partial charge < -0.3 is 4.74 Å². The molecule has 0 saturated carbocycles. The molecule has 1 heterocycles. The maximum Gasteiger partial charge on any atom is 0.277 e. The van der Waals surface area contributed by atoms with Gasteiger partial charge in [0.2, 0.25) is 0 Å². The first-order chi connectivity index (χ1) is 17.9. The molecule has 1 amide bonds. The maximum atomic E-state index is 14.2. The number of rotatable bonds is 6. The minimum Gasteiger partial charge on any atom is -0.497 e. The molecule has 0 N–H and O–H groups in total. The summed E-state index contributed by atoms with van der Waals surface area (Å²) in [6.45, 7) is 0. The van der Waals surface area contributed by atoms with E-state index in [1.54, 1.807) is 72.8 Å². The second-order valence-corrected chi connectivity index (χ2v) is 8.19. The Kier molecular flexibility index (Phi) is 5.94. The van der Waals surface area contributed by atoms with Gasteiger partial charge in [0.05, 0.1) is 33.8 Å². The van der Waals surface area contributed by atoms with Crippen molar-refractivity contribution < 1.29 is 19.4 Å². The van der Waals surface area contributed by atoms with E-state index in [0.29, 0.717) is 33.8 Å². The van der Waals surface area contributed by atoms with E-state index in [4.69, 9.17) is 4.74 Å². The van der Waals surface area contributed by atoms with Crippen LogP contribution in [0.5, 0.6) is 5.75 Å². The number of nitro benzene ring substituents is 2. The van der Waals surface area contributed by atoms with Crippen LogP contribution >= 0.6 is 0 Å². The van der Waals surface area contributed by atoms with E-state index in [1.807, 2.05) is 0 Å². The molecule has 37 heavy (non-hydrogen) atoms. The van der Waals surface area contributed by atoms with Gasteiger partial charge in [0.1, 0.15) is 5.75 Å². The number of nitro groups is 2. The number of fused-ring (bicyclic) bond motifs is 1. The maximum absolute atomic E-state index is 14.2. The summed E-state index contributed by atoms with van der Waals surface area (Å²) in [6.07, 6.45) is 0. The second kappa shape index (κ2) is 9.38. The number of hydrogen-bond acceptors (Lipinski definition) is 6. The molecule has 182 valence electrons. The van der Waals surface area contributed by atoms with Crippen molar-refractivity contribution in [3.63, 3.8) is 0 Å². The zero-order valence-electron chi connectivity index (χ0n) is 19.5. The number of para-hydroxylation sites is 1. The average molecular weight is 493 g/mol. The Balaban J connectivity index is 1.87. The van der Waals surface area contributed by atoms with Crippen molar-refractivity contribution in [1.29, 1.82) is 0 Å². The van der Waals surface area contributed by atoms with Crippen LogP contribution in [-0.4, -0.2) is 22.9 Å². The highest BCUT2D eigenvalue weighted by Crippen LogP contribution is 2.48. The van der Waals surface area contributed by atoms with Crippen molar-refractivity contribution in [3.05, 3.63) is 134 Å². The van der Waals surface area contributed by atoms with Gasteiger partial charge in [-0.05, 0) is 42.0 Å². The smallest absolute Gasteiger partial charge is 0.277 e. The Hall–Kier alpha value is -5.31. The molecule has 0 unspecified atom stereocenters. The quantitative estimate of drug-likeness (QED) is 0.181. The summed E-state index contributed by atoms with van der Waals surface area (Å²) in [5.74, 6) is 0.137. The number of carbonyl (C=O) groups excluding carboxylic acids is 1. The number of anilines is 2. The van der Waals surface area contributed by atoms with Crippen LogP contribution in [0.15, 0.2) is 97.1 Å². The van der Waals surface area contributed by atoms with E-state index in [-0.39, 0.29) is 22.5 Å². The van der Waals surface area contributed by atoms with Crippen molar-refractivity contribution in [1.82, 2.24) is 0 Å². The zero-order chi connectivity index (χ0) is 26.1. The average Bonchev–Trinajstić information content (AvgIpc) is 3.20. The van der Waals surface area contributed by atoms with Gasteiger partial charge in [-0.2, -0.15) is 0 Å². The van der Waals surface area contributed by atoms with Gasteiger partial charge in [-0.1, -0.05) is 42.5 Å². The summed E-state index contributed by atoms with van der Waals surface area (Å²) in [4.78, 5) is 38.2. The van der Waals surface area contributed by atoms with Gasteiger partial charge in [0.15, 0.2) is 0 Å². The Bertz CT molecular complexity index is 1580. The fourth-order valence-electron chi connectivity index (χ4n) is 4.48. The molecular weight excluding hydrogens is 474 g/mol. The monoisotopic (exact) mass is 493 g/mol. The van der Waals surface area contributed by atoms with Crippen molar-refractivity contribution in [3.8, 4) is 5.75 Å². The minimum absolute atomic E-state index is 0.134. The molecule has 1 aliphatic rings. The summed E-state index contributed by atoms with van der Waals surface area (Å²) >= 11 is 0. The minimum atomic E-state index is -0.536. The van der Waals surface area contributed by atoms with Gasteiger partial charge in [-0.3, -0.25) is 29.9 Å². The molecule has 0 aromatic heterocycles. The number of benzene rings is 4. The molecule has 0 spiro atoms. The van der Waals surface area contributed by atoms with Crippen LogP contribution in [0.4, 0.5) is 22.7 Å². The van der Waals surface area contributed by atoms with E-state index in [1.165, 1.54) is 36.3 Å². The highest BCUT2D eigenvalue weighted by atomic mass is 16.6. The van der Waals surface area contributed by atoms with Crippen molar-refractivity contribution in [2.24, 2.45) is 0 Å². The zero-order valence-corrected chi connectivity index (χ0v) is 19.5. The molecule has 0 saturated heterocycles. The van der Waals surface area contributed by atoms with Crippen molar-refractivity contribution >= 4 is 39.8 Å². The Morgan fingerprint density at radius 3 is 2.14 bits per heavy atom. The van der Waals surface area contributed by atoms with Crippen LogP contribution in [0.1, 0.15) is 16.7 Å². The summed E-state index contributed by atoms with van der Waals surface area (Å²) in [5.41, 5.74) is 2.13. The molecule has 0 bridgehead atoms. The summed E-state index contributed by atoms with van der Waals surface area (Å²) in [5, 5.41) is 23.6. The first-order valence-electron chi connectivity index (χ1n) is 11.2. The predicted octanol–water partition coefficient (Wildman–Crippen LogP) is 6.15. The van der Waals surface area contributed by atoms with Crippen LogP contribution in [0, 0.1) is 20.2 Å². The number of methoxy groups -OCH3 is 1. The van der Waals surface area contributed by atoms with Gasteiger partial charge in [-0.25, -0.2) is 0 Å². The Labute approximate surface area is 211 Å². The van der Waals surface area contributed by atoms with E-state index >= 15 is 0 Å². The fraction of sp³-hybridized carbons (Fsp3) is 0.0357. The predicted molar refractivity (Wildman–Crippen MR) is 139 cm³/mol. The molecule has 0 aliphatic carbocycles. The van der Waals surface area contributed by atoms with E-state index in [9.17, 15) is 25.0 Å². The molecule has 9 heteroatoms. The van der Waals surface area contributed by atoms with E-state index in [0.717, 1.165) is 0 Å². The molecule has 4 aromatic rings. The molecule has 0 fully saturated rings. The lowest BCUT2D eigenvalue weighted by Crippen LogP contribution is -2.21. The molecule has 9 nitrogen and oxygen atoms in total. The molecule has 0 radical (unpaired) electrons. The van der Waals surface area contributed by atoms with Crippen LogP contribution in [0.2, 0.25) is 0 Å². The van der Waals surface area contributed by atoms with E-state index < -0.39 is 15.8 Å². The Morgan fingerprint density at radius 2 is 1.49 bits per heavy atom.